The van der Waals surface area contributed by atoms with Crippen molar-refractivity contribution in [1.82, 2.24) is 0 Å². The largest absolute Gasteiger partial charge is 0.491 e. The Morgan fingerprint density at radius 2 is 0.895 bits per heavy atom. The zero-order valence-electron chi connectivity index (χ0n) is 22.7. The van der Waals surface area contributed by atoms with E-state index < -0.39 is 22.5 Å². The minimum atomic E-state index is -5.11. The maximum Gasteiger partial charge on any atom is 0.491 e. The average molecular weight is 545 g/mol. The van der Waals surface area contributed by atoms with E-state index in [2.05, 4.69) is 20.8 Å². The fourth-order valence-electron chi connectivity index (χ4n) is 4.40. The molecule has 0 aliphatic carbocycles. The maximum atomic E-state index is 13.7. The molecule has 206 valence electrons. The molecule has 0 unspecified atom stereocenters. The highest BCUT2D eigenvalue weighted by Crippen LogP contribution is 2.69. The van der Waals surface area contributed by atoms with E-state index in [9.17, 15) is 18.0 Å². The molecule has 0 aliphatic heterocycles. The number of carbonyl (C=O) groups is 1. The summed E-state index contributed by atoms with van der Waals surface area (Å²) in [4.78, 5) is 14.2. The number of benzene rings is 3. The van der Waals surface area contributed by atoms with Crippen LogP contribution in [0.25, 0.3) is 0 Å². The van der Waals surface area contributed by atoms with Crippen LogP contribution in [0.5, 0.6) is 0 Å². The lowest BCUT2D eigenvalue weighted by Gasteiger charge is -2.40. The maximum absolute atomic E-state index is 13.7. The molecule has 3 aromatic carbocycles. The van der Waals surface area contributed by atoms with Crippen LogP contribution in [0.1, 0.15) is 76.0 Å². The number of alkyl halides is 3. The molecule has 0 aromatic heterocycles. The predicted molar refractivity (Wildman–Crippen MR) is 150 cm³/mol. The minimum Gasteiger partial charge on any atom is -0.395 e. The standard InChI is InChI=1S/C32H39F3O2S/c1-4-7-10-25-13-19-28(20-14-25)38(37-31(36)32(33,34)35,29-21-15-26(16-22-29)11-8-5-2)30-23-17-27(18-24-30)12-9-6-3/h13-24H,4-12H2,1-3H3. The first kappa shape index (κ1) is 29.8. The Morgan fingerprint density at radius 3 is 1.13 bits per heavy atom. The number of hydrogen-bond acceptors (Lipinski definition) is 2. The fraction of sp³-hybridized carbons (Fsp3) is 0.406. The van der Waals surface area contributed by atoms with Crippen molar-refractivity contribution in [3.05, 3.63) is 89.5 Å². The topological polar surface area (TPSA) is 26.3 Å². The van der Waals surface area contributed by atoms with Gasteiger partial charge in [-0.15, -0.1) is 0 Å². The van der Waals surface area contributed by atoms with Crippen LogP contribution >= 0.6 is 10.3 Å². The van der Waals surface area contributed by atoms with Crippen LogP contribution < -0.4 is 0 Å². The molecule has 0 radical (unpaired) electrons. The van der Waals surface area contributed by atoms with Crippen LogP contribution in [0.4, 0.5) is 13.2 Å². The third-order valence-corrected chi connectivity index (χ3v) is 9.86. The van der Waals surface area contributed by atoms with Crippen LogP contribution in [-0.4, -0.2) is 12.1 Å². The summed E-state index contributed by atoms with van der Waals surface area (Å²) in [7, 11) is -3.00. The second kappa shape index (κ2) is 13.9. The zero-order chi connectivity index (χ0) is 27.6. The van der Waals surface area contributed by atoms with Gasteiger partial charge >= 0.3 is 12.1 Å². The van der Waals surface area contributed by atoms with Gasteiger partial charge in [0.1, 0.15) is 0 Å². The van der Waals surface area contributed by atoms with Crippen LogP contribution in [0.3, 0.4) is 0 Å². The molecule has 0 saturated carbocycles. The van der Waals surface area contributed by atoms with E-state index in [0.717, 1.165) is 74.5 Å². The van der Waals surface area contributed by atoms with Gasteiger partial charge in [0.25, 0.3) is 0 Å². The molecule has 0 saturated heterocycles. The monoisotopic (exact) mass is 544 g/mol. The summed E-state index contributed by atoms with van der Waals surface area (Å²) in [5.74, 6) is -2.17. The summed E-state index contributed by atoms with van der Waals surface area (Å²) >= 11 is 0. The average Bonchev–Trinajstić information content (AvgIpc) is 2.93. The van der Waals surface area contributed by atoms with Crippen molar-refractivity contribution in [3.8, 4) is 0 Å². The highest BCUT2D eigenvalue weighted by Gasteiger charge is 2.47. The van der Waals surface area contributed by atoms with E-state index in [1.165, 1.54) is 0 Å². The lowest BCUT2D eigenvalue weighted by atomic mass is 10.1. The lowest BCUT2D eigenvalue weighted by Crippen LogP contribution is -2.27. The van der Waals surface area contributed by atoms with Crippen LogP contribution in [0.15, 0.2) is 87.5 Å². The van der Waals surface area contributed by atoms with Crippen molar-refractivity contribution in [3.63, 3.8) is 0 Å². The molecule has 0 atom stereocenters. The van der Waals surface area contributed by atoms with Gasteiger partial charge in [-0.3, -0.25) is 0 Å². The number of rotatable bonds is 13. The molecule has 3 rings (SSSR count). The van der Waals surface area contributed by atoms with Gasteiger partial charge in [-0.25, -0.2) is 4.79 Å². The number of halogens is 3. The van der Waals surface area contributed by atoms with Crippen LogP contribution in [-0.2, 0) is 28.2 Å². The minimum absolute atomic E-state index is 0.568. The van der Waals surface area contributed by atoms with Crippen molar-refractivity contribution in [2.45, 2.75) is 99.4 Å². The van der Waals surface area contributed by atoms with E-state index >= 15 is 0 Å². The Labute approximate surface area is 227 Å². The number of hydrogen-bond donors (Lipinski definition) is 0. The molecule has 6 heteroatoms. The highest BCUT2D eigenvalue weighted by molar-refractivity contribution is 8.30. The quantitative estimate of drug-likeness (QED) is 0.214. The lowest BCUT2D eigenvalue weighted by molar-refractivity contribution is -0.188. The third kappa shape index (κ3) is 7.43. The van der Waals surface area contributed by atoms with Gasteiger partial charge in [0.2, 0.25) is 0 Å². The fourth-order valence-corrected chi connectivity index (χ4v) is 7.38. The summed E-state index contributed by atoms with van der Waals surface area (Å²) in [5.41, 5.74) is 3.32. The molecule has 0 aliphatic rings. The van der Waals surface area contributed by atoms with Crippen molar-refractivity contribution in [2.24, 2.45) is 0 Å². The second-order valence-corrected chi connectivity index (χ2v) is 12.4. The molecule has 0 N–H and O–H groups in total. The van der Waals surface area contributed by atoms with Crippen molar-refractivity contribution in [2.75, 3.05) is 0 Å². The van der Waals surface area contributed by atoms with E-state index in [1.807, 2.05) is 72.8 Å². The van der Waals surface area contributed by atoms with E-state index in [-0.39, 0.29) is 0 Å². The normalized spacial score (nSPS) is 12.4. The van der Waals surface area contributed by atoms with E-state index in [4.69, 9.17) is 4.18 Å². The first-order chi connectivity index (χ1) is 18.2. The zero-order valence-corrected chi connectivity index (χ0v) is 23.5. The van der Waals surface area contributed by atoms with Gasteiger partial charge in [0.05, 0.1) is 0 Å². The Morgan fingerprint density at radius 1 is 0.605 bits per heavy atom. The molecule has 2 nitrogen and oxygen atoms in total. The second-order valence-electron chi connectivity index (χ2n) is 9.67. The smallest absolute Gasteiger partial charge is 0.395 e. The highest BCUT2D eigenvalue weighted by atomic mass is 32.3. The molecule has 0 bridgehead atoms. The summed E-state index contributed by atoms with van der Waals surface area (Å²) in [6.07, 6.45) is 3.79. The van der Waals surface area contributed by atoms with Crippen molar-refractivity contribution in [1.29, 1.82) is 0 Å². The van der Waals surface area contributed by atoms with Crippen molar-refractivity contribution >= 4 is 16.3 Å². The first-order valence-corrected chi connectivity index (χ1v) is 15.2. The molecule has 0 amide bonds. The van der Waals surface area contributed by atoms with Gasteiger partial charge in [-0.2, -0.15) is 13.2 Å². The van der Waals surface area contributed by atoms with Gasteiger partial charge in [0, 0.05) is 14.7 Å². The Bertz CT molecular complexity index is 1010. The molecule has 0 heterocycles. The Kier molecular flexibility index (Phi) is 10.9. The molecule has 38 heavy (non-hydrogen) atoms. The Balaban J connectivity index is 2.20. The number of unbranched alkanes of at least 4 members (excludes halogenated alkanes) is 3. The predicted octanol–water partition coefficient (Wildman–Crippen LogP) is 10.0. The molecule has 0 fully saturated rings. The summed E-state index contributed by atoms with van der Waals surface area (Å²) in [6.45, 7) is 6.36. The van der Waals surface area contributed by atoms with Crippen LogP contribution in [0, 0.1) is 0 Å². The summed E-state index contributed by atoms with van der Waals surface area (Å²) in [6, 6.07) is 22.7. The summed E-state index contributed by atoms with van der Waals surface area (Å²) < 4.78 is 46.7. The molecular formula is C32H39F3O2S. The van der Waals surface area contributed by atoms with E-state index in [1.54, 1.807) is 0 Å². The number of carbonyl (C=O) groups excluding carboxylic acids is 1. The molecule has 0 spiro atoms. The SMILES string of the molecule is CCCCc1ccc(S(OC(=O)C(F)(F)F)(c2ccc(CCCC)cc2)c2ccc(CCCC)cc2)cc1. The van der Waals surface area contributed by atoms with Gasteiger partial charge < -0.3 is 4.18 Å². The summed E-state index contributed by atoms with van der Waals surface area (Å²) in [5, 5.41) is 0. The van der Waals surface area contributed by atoms with Gasteiger partial charge in [-0.1, -0.05) is 76.4 Å². The third-order valence-electron chi connectivity index (χ3n) is 6.65. The van der Waals surface area contributed by atoms with Gasteiger partial charge in [0.15, 0.2) is 0 Å². The number of aryl methyl sites for hydroxylation is 3. The molecule has 3 aromatic rings. The Hall–Kier alpha value is -2.73. The van der Waals surface area contributed by atoms with Gasteiger partial charge in [-0.05, 0) is 102 Å². The molecular weight excluding hydrogens is 505 g/mol. The van der Waals surface area contributed by atoms with E-state index in [0.29, 0.717) is 14.7 Å². The first-order valence-electron chi connectivity index (χ1n) is 13.7. The van der Waals surface area contributed by atoms with Crippen molar-refractivity contribution < 1.29 is 22.1 Å². The van der Waals surface area contributed by atoms with Crippen LogP contribution in [0.2, 0.25) is 0 Å².